The van der Waals surface area contributed by atoms with Crippen molar-refractivity contribution in [1.82, 2.24) is 9.80 Å². The average molecular weight is 937 g/mol. The van der Waals surface area contributed by atoms with Crippen LogP contribution >= 0.6 is 0 Å². The first-order chi connectivity index (χ1) is 33.9. The predicted octanol–water partition coefficient (Wildman–Crippen LogP) is 14.8. The quantitative estimate of drug-likeness (QED) is 0.0763. The molecule has 0 aromatic heterocycles. The Morgan fingerprint density at radius 1 is 0.429 bits per heavy atom. The molecule has 5 heteroatoms. The van der Waals surface area contributed by atoms with Gasteiger partial charge in [-0.05, 0) is 120 Å². The van der Waals surface area contributed by atoms with Gasteiger partial charge < -0.3 is 19.3 Å². The highest BCUT2D eigenvalue weighted by Crippen LogP contribution is 2.37. The van der Waals surface area contributed by atoms with Crippen LogP contribution in [0.1, 0.15) is 161 Å². The molecule has 6 aromatic carbocycles. The molecule has 0 amide bonds. The Morgan fingerprint density at radius 2 is 0.714 bits per heavy atom. The summed E-state index contributed by atoms with van der Waals surface area (Å²) in [4.78, 5) is 20.7. The monoisotopic (exact) mass is 937 g/mol. The molecule has 2 atom stereocenters. The molecular weight excluding hydrogens is 857 g/mol. The molecule has 0 N–H and O–H groups in total. The minimum absolute atomic E-state index is 0.0412. The van der Waals surface area contributed by atoms with E-state index in [9.17, 15) is 0 Å². The molecule has 0 aliphatic carbocycles. The van der Waals surface area contributed by atoms with Crippen LogP contribution in [0, 0.1) is 0 Å². The van der Waals surface area contributed by atoms with Crippen LogP contribution < -0.4 is 0 Å². The standard InChI is InChI=1S/C65H80N2O3/c1-64(2,3)55-35-31-49(32-36-55)59(29-19-43-66-45-39-57(40-46-66)69-62(51-21-11-7-12-22-51)52-23-13-8-14-24-52)61(68)60(50-33-37-56(38-34-50)65(4,5)6)30-20-44-67-47-41-58(42-48-67)70-63(53-25-15-9-16-26-53)54-27-17-10-18-28-54/h7-18,21-28,31-38,57-60,62-63H,19-20,29-30,39-48H2,1-6H3. The molecule has 70 heavy (non-hydrogen) atoms. The lowest BCUT2D eigenvalue weighted by atomic mass is 9.77. The Hall–Kier alpha value is -5.17. The van der Waals surface area contributed by atoms with Crippen LogP contribution in [0.5, 0.6) is 0 Å². The van der Waals surface area contributed by atoms with Gasteiger partial charge in [0.2, 0.25) is 0 Å². The van der Waals surface area contributed by atoms with Crippen molar-refractivity contribution in [3.8, 4) is 0 Å². The molecule has 6 aromatic rings. The van der Waals surface area contributed by atoms with Crippen molar-refractivity contribution in [2.45, 2.75) is 140 Å². The van der Waals surface area contributed by atoms with Crippen molar-refractivity contribution in [1.29, 1.82) is 0 Å². The van der Waals surface area contributed by atoms with E-state index >= 15 is 4.79 Å². The number of nitrogens with zero attached hydrogens (tertiary/aromatic N) is 2. The fourth-order valence-electron chi connectivity index (χ4n) is 10.8. The highest BCUT2D eigenvalue weighted by Gasteiger charge is 2.32. The maximum Gasteiger partial charge on any atom is 0.147 e. The lowest BCUT2D eigenvalue weighted by Gasteiger charge is -2.35. The van der Waals surface area contributed by atoms with Crippen LogP contribution in [0.3, 0.4) is 0 Å². The molecule has 2 saturated heterocycles. The third kappa shape index (κ3) is 14.0. The molecule has 2 heterocycles. The summed E-state index contributed by atoms with van der Waals surface area (Å²) < 4.78 is 13.8. The molecule has 2 unspecified atom stereocenters. The third-order valence-corrected chi connectivity index (χ3v) is 15.1. The number of carbonyl (C=O) groups is 1. The van der Waals surface area contributed by atoms with Gasteiger partial charge in [0.1, 0.15) is 18.0 Å². The zero-order valence-corrected chi connectivity index (χ0v) is 43.1. The zero-order valence-electron chi connectivity index (χ0n) is 43.1. The zero-order chi connectivity index (χ0) is 48.9. The number of hydrogen-bond acceptors (Lipinski definition) is 5. The summed E-state index contributed by atoms with van der Waals surface area (Å²) >= 11 is 0. The Morgan fingerprint density at radius 3 is 0.986 bits per heavy atom. The van der Waals surface area contributed by atoms with Gasteiger partial charge in [-0.15, -0.1) is 0 Å². The van der Waals surface area contributed by atoms with Gasteiger partial charge in [0.05, 0.1) is 12.2 Å². The van der Waals surface area contributed by atoms with E-state index in [-0.39, 0.29) is 47.1 Å². The lowest BCUT2D eigenvalue weighted by Crippen LogP contribution is -2.38. The summed E-state index contributed by atoms with van der Waals surface area (Å²) in [5.41, 5.74) is 9.80. The maximum absolute atomic E-state index is 15.5. The molecule has 2 fully saturated rings. The summed E-state index contributed by atoms with van der Waals surface area (Å²) in [5.74, 6) is 0.0245. The Kier molecular flexibility index (Phi) is 17.8. The summed E-state index contributed by atoms with van der Waals surface area (Å²) in [6, 6.07) is 60.7. The van der Waals surface area contributed by atoms with Crippen LogP contribution in [-0.2, 0) is 25.1 Å². The average Bonchev–Trinajstić information content (AvgIpc) is 3.39. The second-order valence-electron chi connectivity index (χ2n) is 22.3. The molecule has 0 radical (unpaired) electrons. The smallest absolute Gasteiger partial charge is 0.147 e. The minimum atomic E-state index is -0.172. The predicted molar refractivity (Wildman–Crippen MR) is 290 cm³/mol. The molecule has 2 aliphatic heterocycles. The van der Waals surface area contributed by atoms with Crippen LogP contribution in [0.25, 0.3) is 0 Å². The second kappa shape index (κ2) is 24.3. The van der Waals surface area contributed by atoms with E-state index in [4.69, 9.17) is 9.47 Å². The SMILES string of the molecule is CC(C)(C)c1ccc(C(CCCN2CCC(OC(c3ccccc3)c3ccccc3)CC2)C(=O)C(CCCN2CCC(OC(c3ccccc3)c3ccccc3)CC2)c2ccc(C(C)(C)C)cc2)cc1. The summed E-state index contributed by atoms with van der Waals surface area (Å²) in [6.45, 7) is 19.6. The van der Waals surface area contributed by atoms with Gasteiger partial charge >= 0.3 is 0 Å². The van der Waals surface area contributed by atoms with E-state index in [0.29, 0.717) is 5.78 Å². The molecule has 8 rings (SSSR count). The van der Waals surface area contributed by atoms with E-state index in [1.165, 1.54) is 33.4 Å². The molecule has 0 spiro atoms. The number of piperidine rings is 2. The number of ketones is 1. The number of Topliss-reactive ketones (excluding diaryl/α,β-unsaturated/α-hetero) is 1. The van der Waals surface area contributed by atoms with Gasteiger partial charge in [0, 0.05) is 38.0 Å². The second-order valence-corrected chi connectivity index (χ2v) is 22.3. The fourth-order valence-corrected chi connectivity index (χ4v) is 10.8. The van der Waals surface area contributed by atoms with Crippen LogP contribution in [0.4, 0.5) is 0 Å². The molecule has 0 saturated carbocycles. The topological polar surface area (TPSA) is 42.0 Å². The van der Waals surface area contributed by atoms with Crippen molar-refractivity contribution in [2.75, 3.05) is 39.3 Å². The van der Waals surface area contributed by atoms with E-state index in [0.717, 1.165) is 102 Å². The van der Waals surface area contributed by atoms with E-state index in [1.54, 1.807) is 0 Å². The Balaban J connectivity index is 0.923. The number of ether oxygens (including phenoxy) is 2. The Bertz CT molecular complexity index is 2190. The normalized spacial score (nSPS) is 16.7. The highest BCUT2D eigenvalue weighted by atomic mass is 16.5. The number of hydrogen-bond donors (Lipinski definition) is 0. The number of likely N-dealkylation sites (tertiary alicyclic amines) is 2. The molecule has 0 bridgehead atoms. The molecular formula is C65H80N2O3. The van der Waals surface area contributed by atoms with Crippen molar-refractivity contribution in [2.24, 2.45) is 0 Å². The number of carbonyl (C=O) groups excluding carboxylic acids is 1. The van der Waals surface area contributed by atoms with E-state index < -0.39 is 0 Å². The number of rotatable bonds is 20. The van der Waals surface area contributed by atoms with Crippen molar-refractivity contribution in [3.63, 3.8) is 0 Å². The van der Waals surface area contributed by atoms with Crippen LogP contribution in [-0.4, -0.2) is 67.1 Å². The first kappa shape index (κ1) is 51.2. The van der Waals surface area contributed by atoms with Gasteiger partial charge in [-0.1, -0.05) is 211 Å². The lowest BCUT2D eigenvalue weighted by molar-refractivity contribution is -0.122. The largest absolute Gasteiger partial charge is 0.365 e. The number of benzene rings is 6. The first-order valence-electron chi connectivity index (χ1n) is 26.6. The van der Waals surface area contributed by atoms with Crippen molar-refractivity contribution >= 4 is 5.78 Å². The van der Waals surface area contributed by atoms with Gasteiger partial charge in [0.25, 0.3) is 0 Å². The summed E-state index contributed by atoms with van der Waals surface area (Å²) in [6.07, 6.45) is 7.91. The van der Waals surface area contributed by atoms with Gasteiger partial charge in [-0.2, -0.15) is 0 Å². The van der Waals surface area contributed by atoms with Gasteiger partial charge in [-0.3, -0.25) is 4.79 Å². The van der Waals surface area contributed by atoms with E-state index in [1.807, 2.05) is 0 Å². The minimum Gasteiger partial charge on any atom is -0.365 e. The molecule has 5 nitrogen and oxygen atoms in total. The van der Waals surface area contributed by atoms with Crippen molar-refractivity contribution < 1.29 is 14.3 Å². The molecule has 2 aliphatic rings. The molecule has 368 valence electrons. The first-order valence-corrected chi connectivity index (χ1v) is 26.6. The Labute approximate surface area is 421 Å². The van der Waals surface area contributed by atoms with Crippen LogP contribution in [0.2, 0.25) is 0 Å². The third-order valence-electron chi connectivity index (χ3n) is 15.1. The summed E-state index contributed by atoms with van der Waals surface area (Å²) in [7, 11) is 0. The highest BCUT2D eigenvalue weighted by molar-refractivity contribution is 5.91. The van der Waals surface area contributed by atoms with Crippen LogP contribution in [0.15, 0.2) is 170 Å². The van der Waals surface area contributed by atoms with Crippen molar-refractivity contribution in [3.05, 3.63) is 214 Å². The van der Waals surface area contributed by atoms with Gasteiger partial charge in [0.15, 0.2) is 0 Å². The van der Waals surface area contributed by atoms with E-state index in [2.05, 4.69) is 221 Å². The summed E-state index contributed by atoms with van der Waals surface area (Å²) in [5, 5.41) is 0. The maximum atomic E-state index is 15.5. The fraction of sp³-hybridized carbons (Fsp3) is 0.431. The van der Waals surface area contributed by atoms with Gasteiger partial charge in [-0.25, -0.2) is 0 Å².